The summed E-state index contributed by atoms with van der Waals surface area (Å²) in [5.74, 6) is 0.975. The highest BCUT2D eigenvalue weighted by atomic mass is 35.5. The van der Waals surface area contributed by atoms with Crippen LogP contribution in [0.3, 0.4) is 0 Å². The molecule has 1 aliphatic heterocycles. The molecule has 2 N–H and O–H groups in total. The SMILES string of the molecule is OCCOCCNCc1cc(Cl)cc2c1OCC2. The van der Waals surface area contributed by atoms with Crippen LogP contribution in [0.4, 0.5) is 0 Å². The van der Waals surface area contributed by atoms with Gasteiger partial charge in [0.1, 0.15) is 5.75 Å². The summed E-state index contributed by atoms with van der Waals surface area (Å²) in [5, 5.41) is 12.6. The van der Waals surface area contributed by atoms with Crippen LogP contribution in [0.25, 0.3) is 0 Å². The largest absolute Gasteiger partial charge is 0.493 e. The lowest BCUT2D eigenvalue weighted by molar-refractivity contribution is 0.0938. The monoisotopic (exact) mass is 271 g/mol. The minimum atomic E-state index is 0.0651. The van der Waals surface area contributed by atoms with Gasteiger partial charge in [0.15, 0.2) is 0 Å². The summed E-state index contributed by atoms with van der Waals surface area (Å²) in [6.45, 7) is 3.23. The molecule has 0 aliphatic carbocycles. The second-order valence-electron chi connectivity index (χ2n) is 4.16. The fourth-order valence-electron chi connectivity index (χ4n) is 2.01. The molecule has 0 saturated carbocycles. The maximum atomic E-state index is 8.56. The number of ether oxygens (including phenoxy) is 2. The molecule has 1 heterocycles. The molecular weight excluding hydrogens is 254 g/mol. The van der Waals surface area contributed by atoms with Crippen LogP contribution >= 0.6 is 11.6 Å². The van der Waals surface area contributed by atoms with Crippen LogP contribution in [0, 0.1) is 0 Å². The van der Waals surface area contributed by atoms with E-state index in [2.05, 4.69) is 5.32 Å². The fraction of sp³-hybridized carbons (Fsp3) is 0.538. The number of nitrogens with one attached hydrogen (secondary N) is 1. The smallest absolute Gasteiger partial charge is 0.127 e. The van der Waals surface area contributed by atoms with Gasteiger partial charge >= 0.3 is 0 Å². The number of fused-ring (bicyclic) bond motifs is 1. The highest BCUT2D eigenvalue weighted by Crippen LogP contribution is 2.32. The molecule has 4 nitrogen and oxygen atoms in total. The highest BCUT2D eigenvalue weighted by molar-refractivity contribution is 6.30. The van der Waals surface area contributed by atoms with Crippen LogP contribution in [0.2, 0.25) is 5.02 Å². The van der Waals surface area contributed by atoms with E-state index in [9.17, 15) is 0 Å². The van der Waals surface area contributed by atoms with E-state index >= 15 is 0 Å². The van der Waals surface area contributed by atoms with Crippen molar-refractivity contribution in [2.45, 2.75) is 13.0 Å². The Morgan fingerprint density at radius 1 is 1.39 bits per heavy atom. The average molecular weight is 272 g/mol. The van der Waals surface area contributed by atoms with Crippen molar-refractivity contribution >= 4 is 11.6 Å². The first-order chi connectivity index (χ1) is 8.81. The van der Waals surface area contributed by atoms with E-state index in [1.54, 1.807) is 0 Å². The summed E-state index contributed by atoms with van der Waals surface area (Å²) < 4.78 is 10.8. The van der Waals surface area contributed by atoms with Crippen LogP contribution in [0.5, 0.6) is 5.75 Å². The Morgan fingerprint density at radius 3 is 3.11 bits per heavy atom. The van der Waals surface area contributed by atoms with Crippen molar-refractivity contribution in [1.82, 2.24) is 5.32 Å². The summed E-state index contributed by atoms with van der Waals surface area (Å²) in [6, 6.07) is 3.91. The number of hydrogen-bond acceptors (Lipinski definition) is 4. The Balaban J connectivity index is 1.82. The summed E-state index contributed by atoms with van der Waals surface area (Å²) in [4.78, 5) is 0. The van der Waals surface area contributed by atoms with E-state index in [1.165, 1.54) is 5.56 Å². The van der Waals surface area contributed by atoms with E-state index in [1.807, 2.05) is 12.1 Å². The lowest BCUT2D eigenvalue weighted by atomic mass is 10.1. The lowest BCUT2D eigenvalue weighted by Gasteiger charge is -2.10. The zero-order chi connectivity index (χ0) is 12.8. The summed E-state index contributed by atoms with van der Waals surface area (Å²) in [6.07, 6.45) is 0.933. The van der Waals surface area contributed by atoms with Crippen LogP contribution in [0.15, 0.2) is 12.1 Å². The fourth-order valence-corrected chi connectivity index (χ4v) is 2.27. The molecule has 1 aromatic carbocycles. The molecule has 18 heavy (non-hydrogen) atoms. The van der Waals surface area contributed by atoms with Gasteiger partial charge in [0, 0.05) is 30.1 Å². The Bertz CT molecular complexity index is 398. The van der Waals surface area contributed by atoms with Crippen LogP contribution in [0.1, 0.15) is 11.1 Å². The van der Waals surface area contributed by atoms with Crippen molar-refractivity contribution in [3.8, 4) is 5.75 Å². The molecule has 0 amide bonds. The van der Waals surface area contributed by atoms with E-state index in [0.29, 0.717) is 19.8 Å². The van der Waals surface area contributed by atoms with E-state index in [0.717, 1.165) is 35.9 Å². The number of aliphatic hydroxyl groups is 1. The topological polar surface area (TPSA) is 50.7 Å². The third-order valence-electron chi connectivity index (χ3n) is 2.80. The number of aliphatic hydroxyl groups excluding tert-OH is 1. The maximum absolute atomic E-state index is 8.56. The minimum absolute atomic E-state index is 0.0651. The zero-order valence-electron chi connectivity index (χ0n) is 10.2. The molecular formula is C13H18ClNO3. The molecule has 0 aromatic heterocycles. The molecule has 0 bridgehead atoms. The Morgan fingerprint density at radius 2 is 2.28 bits per heavy atom. The molecule has 0 spiro atoms. The maximum Gasteiger partial charge on any atom is 0.127 e. The second kappa shape index (κ2) is 6.95. The normalized spacial score (nSPS) is 13.4. The summed E-state index contributed by atoms with van der Waals surface area (Å²) in [5.41, 5.74) is 2.29. The zero-order valence-corrected chi connectivity index (χ0v) is 11.0. The third-order valence-corrected chi connectivity index (χ3v) is 3.02. The number of hydrogen-bond donors (Lipinski definition) is 2. The van der Waals surface area contributed by atoms with Gasteiger partial charge < -0.3 is 19.9 Å². The van der Waals surface area contributed by atoms with Gasteiger partial charge in [-0.05, 0) is 17.7 Å². The first-order valence-electron chi connectivity index (χ1n) is 6.14. The predicted molar refractivity (Wildman–Crippen MR) is 70.3 cm³/mol. The first-order valence-corrected chi connectivity index (χ1v) is 6.52. The standard InChI is InChI=1S/C13H18ClNO3/c14-12-7-10-1-4-18-13(10)11(8-12)9-15-2-5-17-6-3-16/h7-8,15-16H,1-6,9H2. The molecule has 1 aromatic rings. The van der Waals surface area contributed by atoms with E-state index in [-0.39, 0.29) is 6.61 Å². The van der Waals surface area contributed by atoms with Crippen LogP contribution < -0.4 is 10.1 Å². The molecule has 0 radical (unpaired) electrons. The molecule has 0 fully saturated rings. The molecule has 0 saturated heterocycles. The highest BCUT2D eigenvalue weighted by Gasteiger charge is 2.16. The van der Waals surface area contributed by atoms with Gasteiger partial charge in [-0.25, -0.2) is 0 Å². The van der Waals surface area contributed by atoms with Crippen LogP contribution in [-0.4, -0.2) is 38.1 Å². The van der Waals surface area contributed by atoms with Crippen molar-refractivity contribution in [3.63, 3.8) is 0 Å². The molecule has 5 heteroatoms. The summed E-state index contributed by atoms with van der Waals surface area (Å²) >= 11 is 6.07. The van der Waals surface area contributed by atoms with Gasteiger partial charge in [-0.1, -0.05) is 11.6 Å². The first kappa shape index (κ1) is 13.6. The average Bonchev–Trinajstić information content (AvgIpc) is 2.81. The van der Waals surface area contributed by atoms with E-state index in [4.69, 9.17) is 26.2 Å². The quantitative estimate of drug-likeness (QED) is 0.736. The Labute approximate surface area is 112 Å². The molecule has 0 atom stereocenters. The number of benzene rings is 1. The molecule has 100 valence electrons. The van der Waals surface area contributed by atoms with Gasteiger partial charge in [-0.3, -0.25) is 0 Å². The second-order valence-corrected chi connectivity index (χ2v) is 4.60. The predicted octanol–water partition coefficient (Wildman–Crippen LogP) is 1.37. The Kier molecular flexibility index (Phi) is 5.26. The van der Waals surface area contributed by atoms with Gasteiger partial charge in [-0.15, -0.1) is 0 Å². The van der Waals surface area contributed by atoms with Gasteiger partial charge in [0.25, 0.3) is 0 Å². The van der Waals surface area contributed by atoms with Crippen LogP contribution in [-0.2, 0) is 17.7 Å². The molecule has 1 aliphatic rings. The van der Waals surface area contributed by atoms with Gasteiger partial charge in [0.05, 0.1) is 26.4 Å². The van der Waals surface area contributed by atoms with Crippen molar-refractivity contribution in [2.24, 2.45) is 0 Å². The van der Waals surface area contributed by atoms with Crippen molar-refractivity contribution in [1.29, 1.82) is 0 Å². The number of rotatable bonds is 7. The lowest BCUT2D eigenvalue weighted by Crippen LogP contribution is -2.20. The van der Waals surface area contributed by atoms with Gasteiger partial charge in [-0.2, -0.15) is 0 Å². The van der Waals surface area contributed by atoms with Crippen molar-refractivity contribution in [3.05, 3.63) is 28.3 Å². The summed E-state index contributed by atoms with van der Waals surface area (Å²) in [7, 11) is 0. The Hall–Kier alpha value is -0.810. The van der Waals surface area contributed by atoms with Crippen molar-refractivity contribution in [2.75, 3.05) is 33.0 Å². The molecule has 0 unspecified atom stereocenters. The molecule has 2 rings (SSSR count). The van der Waals surface area contributed by atoms with Gasteiger partial charge in [0.2, 0.25) is 0 Å². The van der Waals surface area contributed by atoms with Crippen molar-refractivity contribution < 1.29 is 14.6 Å². The third kappa shape index (κ3) is 3.59. The number of halogens is 1. The van der Waals surface area contributed by atoms with E-state index < -0.39 is 0 Å². The minimum Gasteiger partial charge on any atom is -0.493 e.